The molecule has 6 heteroatoms. The summed E-state index contributed by atoms with van der Waals surface area (Å²) in [7, 11) is 5.51. The maximum absolute atomic E-state index is 13.5. The number of rotatable bonds is 6. The van der Waals surface area contributed by atoms with Gasteiger partial charge in [0.1, 0.15) is 11.4 Å². The lowest BCUT2D eigenvalue weighted by atomic mass is 10.0. The molecule has 0 fully saturated rings. The smallest absolute Gasteiger partial charge is 0.282 e. The van der Waals surface area contributed by atoms with Gasteiger partial charge in [-0.2, -0.15) is 0 Å². The van der Waals surface area contributed by atoms with Gasteiger partial charge in [0.2, 0.25) is 0 Å². The lowest BCUT2D eigenvalue weighted by molar-refractivity contribution is -0.120. The van der Waals surface area contributed by atoms with Crippen molar-refractivity contribution in [3.63, 3.8) is 0 Å². The summed E-state index contributed by atoms with van der Waals surface area (Å²) in [6, 6.07) is 22.1. The van der Waals surface area contributed by atoms with Gasteiger partial charge in [0, 0.05) is 25.5 Å². The highest BCUT2D eigenvalue weighted by molar-refractivity contribution is 6.46. The predicted octanol–water partition coefficient (Wildman–Crippen LogP) is 4.47. The third-order valence-electron chi connectivity index (χ3n) is 5.41. The fraction of sp³-hybridized carbons (Fsp3) is 0.154. The van der Waals surface area contributed by atoms with E-state index in [1.807, 2.05) is 62.3 Å². The molecule has 0 bridgehead atoms. The van der Waals surface area contributed by atoms with Crippen molar-refractivity contribution in [3.8, 4) is 5.75 Å². The zero-order valence-corrected chi connectivity index (χ0v) is 18.5. The maximum Gasteiger partial charge on any atom is 0.282 e. The van der Waals surface area contributed by atoms with E-state index in [9.17, 15) is 9.59 Å². The molecule has 32 heavy (non-hydrogen) atoms. The van der Waals surface area contributed by atoms with Crippen LogP contribution in [0.15, 0.2) is 78.5 Å². The Labute approximate surface area is 187 Å². The van der Waals surface area contributed by atoms with Crippen LogP contribution in [-0.4, -0.2) is 33.0 Å². The van der Waals surface area contributed by atoms with Crippen LogP contribution in [0.2, 0.25) is 0 Å². The maximum atomic E-state index is 13.5. The Morgan fingerprint density at radius 2 is 1.44 bits per heavy atom. The summed E-state index contributed by atoms with van der Waals surface area (Å²) in [5.74, 6) is -0.0758. The standard InChI is InChI=1S/C26H25N3O3/c1-17-5-11-21(12-6-17)29-25(30)23(18-7-15-22(32-4)16-8-18)24(26(29)31)27-19-9-13-20(14-10-19)28(2)3/h5-16,27H,1-4H3. The van der Waals surface area contributed by atoms with Crippen molar-refractivity contribution in [3.05, 3.63) is 89.6 Å². The molecule has 6 nitrogen and oxygen atoms in total. The van der Waals surface area contributed by atoms with E-state index in [4.69, 9.17) is 4.74 Å². The average Bonchev–Trinajstić information content (AvgIpc) is 3.04. The number of hydrogen-bond acceptors (Lipinski definition) is 5. The third kappa shape index (κ3) is 3.95. The van der Waals surface area contributed by atoms with Crippen LogP contribution in [0.25, 0.3) is 5.57 Å². The van der Waals surface area contributed by atoms with Gasteiger partial charge in [0.15, 0.2) is 0 Å². The summed E-state index contributed by atoms with van der Waals surface area (Å²) >= 11 is 0. The van der Waals surface area contributed by atoms with Crippen molar-refractivity contribution < 1.29 is 14.3 Å². The number of carbonyl (C=O) groups excluding carboxylic acids is 2. The zero-order chi connectivity index (χ0) is 22.8. The number of amides is 2. The first-order valence-corrected chi connectivity index (χ1v) is 10.3. The Kier molecular flexibility index (Phi) is 5.69. The van der Waals surface area contributed by atoms with Crippen molar-refractivity contribution >= 4 is 34.4 Å². The SMILES string of the molecule is COc1ccc(C2=C(Nc3ccc(N(C)C)cc3)C(=O)N(c3ccc(C)cc3)C2=O)cc1. The summed E-state index contributed by atoms with van der Waals surface area (Å²) in [5, 5.41) is 3.19. The second kappa shape index (κ2) is 8.59. The van der Waals surface area contributed by atoms with Gasteiger partial charge in [-0.1, -0.05) is 29.8 Å². The average molecular weight is 428 g/mol. The minimum Gasteiger partial charge on any atom is -0.497 e. The number of nitrogens with zero attached hydrogens (tertiary/aromatic N) is 2. The van der Waals surface area contributed by atoms with E-state index in [0.29, 0.717) is 22.6 Å². The number of carbonyl (C=O) groups is 2. The van der Waals surface area contributed by atoms with Crippen LogP contribution in [-0.2, 0) is 9.59 Å². The van der Waals surface area contributed by atoms with Crippen molar-refractivity contribution in [2.45, 2.75) is 6.92 Å². The van der Waals surface area contributed by atoms with E-state index in [-0.39, 0.29) is 17.5 Å². The summed E-state index contributed by atoms with van der Waals surface area (Å²) < 4.78 is 5.24. The lowest BCUT2D eigenvalue weighted by Crippen LogP contribution is -2.32. The van der Waals surface area contributed by atoms with Crippen molar-refractivity contribution in [1.29, 1.82) is 0 Å². The monoisotopic (exact) mass is 427 g/mol. The Balaban J connectivity index is 1.77. The molecule has 2 amide bonds. The summed E-state index contributed by atoms with van der Waals surface area (Å²) in [6.07, 6.45) is 0. The van der Waals surface area contributed by atoms with Crippen molar-refractivity contribution in [2.24, 2.45) is 0 Å². The number of imide groups is 1. The molecule has 1 aliphatic heterocycles. The fourth-order valence-electron chi connectivity index (χ4n) is 3.59. The van der Waals surface area contributed by atoms with Crippen LogP contribution in [0.5, 0.6) is 5.75 Å². The van der Waals surface area contributed by atoms with Crippen LogP contribution >= 0.6 is 0 Å². The zero-order valence-electron chi connectivity index (χ0n) is 18.5. The van der Waals surface area contributed by atoms with Gasteiger partial charge in [-0.25, -0.2) is 4.90 Å². The first-order chi connectivity index (χ1) is 15.4. The number of nitrogens with one attached hydrogen (secondary N) is 1. The Morgan fingerprint density at radius 3 is 2.00 bits per heavy atom. The quantitative estimate of drug-likeness (QED) is 0.589. The molecule has 0 aromatic heterocycles. The van der Waals surface area contributed by atoms with E-state index in [2.05, 4.69) is 5.32 Å². The van der Waals surface area contributed by atoms with E-state index < -0.39 is 0 Å². The molecular formula is C26H25N3O3. The molecule has 0 unspecified atom stereocenters. The topological polar surface area (TPSA) is 61.9 Å². The minimum absolute atomic E-state index is 0.248. The number of benzene rings is 3. The molecule has 0 spiro atoms. The van der Waals surface area contributed by atoms with E-state index in [1.165, 1.54) is 4.90 Å². The van der Waals surface area contributed by atoms with Gasteiger partial charge in [-0.3, -0.25) is 9.59 Å². The molecule has 3 aromatic carbocycles. The molecule has 0 radical (unpaired) electrons. The Morgan fingerprint density at radius 1 is 0.812 bits per heavy atom. The summed E-state index contributed by atoms with van der Waals surface area (Å²) in [5.41, 5.74) is 4.57. The van der Waals surface area contributed by atoms with E-state index in [0.717, 1.165) is 16.9 Å². The highest BCUT2D eigenvalue weighted by Gasteiger charge is 2.40. The number of hydrogen-bond donors (Lipinski definition) is 1. The van der Waals surface area contributed by atoms with E-state index >= 15 is 0 Å². The van der Waals surface area contributed by atoms with Crippen LogP contribution in [0.3, 0.4) is 0 Å². The van der Waals surface area contributed by atoms with Crippen LogP contribution in [0.4, 0.5) is 17.1 Å². The van der Waals surface area contributed by atoms with Crippen LogP contribution < -0.4 is 19.9 Å². The number of ether oxygens (including phenoxy) is 1. The van der Waals surface area contributed by atoms with Gasteiger partial charge in [-0.15, -0.1) is 0 Å². The van der Waals surface area contributed by atoms with Crippen molar-refractivity contribution in [2.75, 3.05) is 36.3 Å². The molecular weight excluding hydrogens is 402 g/mol. The summed E-state index contributed by atoms with van der Waals surface area (Å²) in [6.45, 7) is 1.96. The minimum atomic E-state index is -0.388. The van der Waals surface area contributed by atoms with E-state index in [1.54, 1.807) is 43.5 Å². The molecule has 3 aromatic rings. The van der Waals surface area contributed by atoms with Gasteiger partial charge >= 0.3 is 0 Å². The van der Waals surface area contributed by atoms with Crippen molar-refractivity contribution in [1.82, 2.24) is 0 Å². The van der Waals surface area contributed by atoms with Crippen LogP contribution in [0.1, 0.15) is 11.1 Å². The highest BCUT2D eigenvalue weighted by Crippen LogP contribution is 2.34. The van der Waals surface area contributed by atoms with Gasteiger partial charge < -0.3 is 15.0 Å². The Bertz CT molecular complexity index is 1180. The normalized spacial score (nSPS) is 13.6. The van der Waals surface area contributed by atoms with Gasteiger partial charge in [0.05, 0.1) is 18.4 Å². The van der Waals surface area contributed by atoms with Gasteiger partial charge in [0.25, 0.3) is 11.8 Å². The Hall–Kier alpha value is -4.06. The predicted molar refractivity (Wildman–Crippen MR) is 128 cm³/mol. The second-order valence-corrected chi connectivity index (χ2v) is 7.83. The molecule has 4 rings (SSSR count). The first-order valence-electron chi connectivity index (χ1n) is 10.3. The number of methoxy groups -OCH3 is 1. The molecule has 0 saturated heterocycles. The molecule has 0 saturated carbocycles. The second-order valence-electron chi connectivity index (χ2n) is 7.83. The molecule has 162 valence electrons. The molecule has 1 aliphatic rings. The number of aryl methyl sites for hydroxylation is 1. The fourth-order valence-corrected chi connectivity index (χ4v) is 3.59. The van der Waals surface area contributed by atoms with Gasteiger partial charge in [-0.05, 0) is 61.0 Å². The van der Waals surface area contributed by atoms with Crippen LogP contribution in [0, 0.1) is 6.92 Å². The molecule has 1 heterocycles. The third-order valence-corrected chi connectivity index (χ3v) is 5.41. The lowest BCUT2D eigenvalue weighted by Gasteiger charge is -2.16. The largest absolute Gasteiger partial charge is 0.497 e. The summed E-state index contributed by atoms with van der Waals surface area (Å²) in [4.78, 5) is 30.1. The number of anilines is 3. The first kappa shape index (κ1) is 21.2. The molecule has 0 atom stereocenters. The molecule has 1 N–H and O–H groups in total. The highest BCUT2D eigenvalue weighted by atomic mass is 16.5. The molecule has 0 aliphatic carbocycles.